The number of anilines is 1. The molecule has 1 heterocycles. The van der Waals surface area contributed by atoms with E-state index in [-0.39, 0.29) is 16.4 Å². The summed E-state index contributed by atoms with van der Waals surface area (Å²) in [6.45, 7) is 2.36. The van der Waals surface area contributed by atoms with Gasteiger partial charge in [0.15, 0.2) is 5.82 Å². The summed E-state index contributed by atoms with van der Waals surface area (Å²) in [6.07, 6.45) is -4.48. The normalized spacial score (nSPS) is 11.8. The van der Waals surface area contributed by atoms with E-state index in [0.717, 1.165) is 18.2 Å². The Bertz CT molecular complexity index is 941. The Kier molecular flexibility index (Phi) is 4.51. The number of hydrogen-bond donors (Lipinski definition) is 1. The minimum atomic E-state index is -4.48. The molecule has 0 aliphatic carbocycles. The van der Waals surface area contributed by atoms with E-state index in [0.29, 0.717) is 23.3 Å². The molecule has 0 fully saturated rings. The first-order chi connectivity index (χ1) is 11.8. The van der Waals surface area contributed by atoms with Gasteiger partial charge in [0, 0.05) is 17.5 Å². The molecule has 0 atom stereocenters. The molecule has 25 heavy (non-hydrogen) atoms. The van der Waals surface area contributed by atoms with Crippen LogP contribution in [0.4, 0.5) is 23.4 Å². The molecule has 0 saturated carbocycles. The van der Waals surface area contributed by atoms with Gasteiger partial charge in [0.25, 0.3) is 0 Å². The van der Waals surface area contributed by atoms with E-state index in [1.54, 1.807) is 0 Å². The van der Waals surface area contributed by atoms with Crippen molar-refractivity contribution in [3.05, 3.63) is 52.8 Å². The molecule has 2 aromatic carbocycles. The lowest BCUT2D eigenvalue weighted by atomic mass is 10.1. The fourth-order valence-corrected chi connectivity index (χ4v) is 2.55. The Balaban J connectivity index is 2.23. The summed E-state index contributed by atoms with van der Waals surface area (Å²) < 4.78 is 52.2. The van der Waals surface area contributed by atoms with E-state index in [2.05, 4.69) is 15.3 Å². The minimum Gasteiger partial charge on any atom is -0.370 e. The molecule has 1 N–H and O–H groups in total. The largest absolute Gasteiger partial charge is 0.416 e. The van der Waals surface area contributed by atoms with Crippen LogP contribution in [-0.2, 0) is 6.18 Å². The molecule has 8 heteroatoms. The van der Waals surface area contributed by atoms with Crippen molar-refractivity contribution >= 4 is 28.3 Å². The van der Waals surface area contributed by atoms with Gasteiger partial charge in [0.2, 0.25) is 0 Å². The Hall–Kier alpha value is -2.41. The van der Waals surface area contributed by atoms with Gasteiger partial charge >= 0.3 is 6.18 Å². The van der Waals surface area contributed by atoms with Crippen molar-refractivity contribution in [3.63, 3.8) is 0 Å². The van der Waals surface area contributed by atoms with E-state index in [1.807, 2.05) is 6.92 Å². The van der Waals surface area contributed by atoms with Gasteiger partial charge in [0.1, 0.15) is 11.6 Å². The van der Waals surface area contributed by atoms with Crippen molar-refractivity contribution < 1.29 is 17.6 Å². The molecule has 0 aliphatic rings. The van der Waals surface area contributed by atoms with E-state index >= 15 is 0 Å². The zero-order valence-electron chi connectivity index (χ0n) is 13.0. The highest BCUT2D eigenvalue weighted by atomic mass is 35.5. The molecule has 0 spiro atoms. The number of nitrogens with one attached hydrogen (secondary N) is 1. The topological polar surface area (TPSA) is 37.8 Å². The van der Waals surface area contributed by atoms with E-state index in [1.165, 1.54) is 18.2 Å². The second kappa shape index (κ2) is 6.48. The molecule has 1 aromatic heterocycles. The van der Waals surface area contributed by atoms with Crippen molar-refractivity contribution in [1.82, 2.24) is 9.97 Å². The quantitative estimate of drug-likeness (QED) is 0.616. The fraction of sp³-hybridized carbons (Fsp3) is 0.176. The number of hydrogen-bond acceptors (Lipinski definition) is 3. The van der Waals surface area contributed by atoms with Crippen LogP contribution in [0.15, 0.2) is 36.4 Å². The van der Waals surface area contributed by atoms with Crippen LogP contribution in [0, 0.1) is 5.82 Å². The molecule has 130 valence electrons. The zero-order valence-corrected chi connectivity index (χ0v) is 13.7. The van der Waals surface area contributed by atoms with Gasteiger partial charge in [-0.3, -0.25) is 0 Å². The van der Waals surface area contributed by atoms with Crippen LogP contribution >= 0.6 is 11.6 Å². The number of alkyl halides is 3. The predicted molar refractivity (Wildman–Crippen MR) is 89.1 cm³/mol. The Morgan fingerprint density at radius 1 is 1.08 bits per heavy atom. The Morgan fingerprint density at radius 2 is 1.84 bits per heavy atom. The summed E-state index contributed by atoms with van der Waals surface area (Å²) in [6, 6.07) is 7.20. The maximum atomic E-state index is 13.3. The Morgan fingerprint density at radius 3 is 2.48 bits per heavy atom. The molecule has 3 rings (SSSR count). The van der Waals surface area contributed by atoms with Crippen LogP contribution in [0.1, 0.15) is 12.5 Å². The third kappa shape index (κ3) is 3.51. The number of fused-ring (bicyclic) bond motifs is 1. The third-order valence-corrected chi connectivity index (χ3v) is 3.84. The van der Waals surface area contributed by atoms with Gasteiger partial charge in [-0.15, -0.1) is 0 Å². The highest BCUT2D eigenvalue weighted by Crippen LogP contribution is 2.33. The smallest absolute Gasteiger partial charge is 0.370 e. The number of halogens is 5. The lowest BCUT2D eigenvalue weighted by Crippen LogP contribution is -2.07. The molecule has 0 amide bonds. The van der Waals surface area contributed by atoms with Gasteiger partial charge in [-0.2, -0.15) is 13.2 Å². The molecule has 0 saturated heterocycles. The maximum Gasteiger partial charge on any atom is 0.416 e. The molecule has 0 unspecified atom stereocenters. The molecular formula is C17H12ClF4N3. The average Bonchev–Trinajstić information content (AvgIpc) is 2.56. The van der Waals surface area contributed by atoms with Crippen molar-refractivity contribution in [2.24, 2.45) is 0 Å². The van der Waals surface area contributed by atoms with Crippen molar-refractivity contribution in [2.45, 2.75) is 13.1 Å². The lowest BCUT2D eigenvalue weighted by molar-refractivity contribution is -0.137. The first-order valence-corrected chi connectivity index (χ1v) is 7.75. The van der Waals surface area contributed by atoms with E-state index in [9.17, 15) is 17.6 Å². The number of aromatic nitrogens is 2. The molecule has 0 aliphatic heterocycles. The second-order valence-corrected chi connectivity index (χ2v) is 5.69. The number of rotatable bonds is 3. The molecule has 3 aromatic rings. The average molecular weight is 370 g/mol. The van der Waals surface area contributed by atoms with Crippen LogP contribution in [0.5, 0.6) is 0 Å². The maximum absolute atomic E-state index is 13.3. The summed E-state index contributed by atoms with van der Waals surface area (Å²) in [5.74, 6) is -0.0428. The number of nitrogens with zero attached hydrogens (tertiary/aromatic N) is 2. The monoisotopic (exact) mass is 369 g/mol. The van der Waals surface area contributed by atoms with Crippen LogP contribution in [0.25, 0.3) is 22.3 Å². The Labute approximate surface area is 145 Å². The van der Waals surface area contributed by atoms with Gasteiger partial charge in [-0.25, -0.2) is 14.4 Å². The summed E-state index contributed by atoms with van der Waals surface area (Å²) in [4.78, 5) is 8.54. The van der Waals surface area contributed by atoms with E-state index < -0.39 is 17.6 Å². The van der Waals surface area contributed by atoms with Gasteiger partial charge in [0.05, 0.1) is 16.1 Å². The zero-order chi connectivity index (χ0) is 18.2. The highest BCUT2D eigenvalue weighted by Gasteiger charge is 2.31. The molecule has 3 nitrogen and oxygen atoms in total. The van der Waals surface area contributed by atoms with Gasteiger partial charge < -0.3 is 5.32 Å². The van der Waals surface area contributed by atoms with Crippen molar-refractivity contribution in [3.8, 4) is 11.4 Å². The first kappa shape index (κ1) is 17.4. The van der Waals surface area contributed by atoms with E-state index in [4.69, 9.17) is 11.6 Å². The minimum absolute atomic E-state index is 0.116. The second-order valence-electron chi connectivity index (χ2n) is 5.28. The number of benzene rings is 2. The highest BCUT2D eigenvalue weighted by molar-refractivity contribution is 6.31. The van der Waals surface area contributed by atoms with Crippen molar-refractivity contribution in [2.75, 3.05) is 11.9 Å². The molecule has 0 radical (unpaired) electrons. The van der Waals surface area contributed by atoms with Crippen LogP contribution in [0.2, 0.25) is 5.02 Å². The van der Waals surface area contributed by atoms with Crippen LogP contribution in [0.3, 0.4) is 0 Å². The standard InChI is InChI=1S/C17H12ClF4N3/c1-2-23-16-11-5-4-10(17(20,21)22)8-14(11)24-15(25-16)9-3-6-13(19)12(18)7-9/h3-8H,2H2,1H3,(H,23,24,25). The lowest BCUT2D eigenvalue weighted by Gasteiger charge is -2.12. The summed E-state index contributed by atoms with van der Waals surface area (Å²) >= 11 is 5.77. The van der Waals surface area contributed by atoms with Crippen LogP contribution < -0.4 is 5.32 Å². The molecule has 0 bridgehead atoms. The first-order valence-electron chi connectivity index (χ1n) is 7.38. The predicted octanol–water partition coefficient (Wildman–Crippen LogP) is 5.54. The SMILES string of the molecule is CCNc1nc(-c2ccc(F)c(Cl)c2)nc2cc(C(F)(F)F)ccc12. The third-order valence-electron chi connectivity index (χ3n) is 3.55. The molecular weight excluding hydrogens is 358 g/mol. The fourth-order valence-electron chi connectivity index (χ4n) is 2.37. The van der Waals surface area contributed by atoms with Crippen molar-refractivity contribution in [1.29, 1.82) is 0 Å². The summed E-state index contributed by atoms with van der Waals surface area (Å²) in [5.41, 5.74) is -0.259. The van der Waals surface area contributed by atoms with Gasteiger partial charge in [-0.05, 0) is 43.3 Å². The van der Waals surface area contributed by atoms with Gasteiger partial charge in [-0.1, -0.05) is 11.6 Å². The summed E-state index contributed by atoms with van der Waals surface area (Å²) in [7, 11) is 0. The van der Waals surface area contributed by atoms with Crippen LogP contribution in [-0.4, -0.2) is 16.5 Å². The summed E-state index contributed by atoms with van der Waals surface area (Å²) in [5, 5.41) is 3.35.